The van der Waals surface area contributed by atoms with E-state index in [-0.39, 0.29) is 0 Å². The fraction of sp³-hybridized carbons (Fsp3) is 0.0556. The third-order valence-corrected chi connectivity index (χ3v) is 4.86. The number of hydrazine groups is 1. The van der Waals surface area contributed by atoms with E-state index < -0.39 is 0 Å². The number of furan rings is 1. The molecule has 2 aromatic carbocycles. The molecule has 9 heteroatoms. The van der Waals surface area contributed by atoms with E-state index in [0.29, 0.717) is 28.3 Å². The van der Waals surface area contributed by atoms with Gasteiger partial charge in [0.15, 0.2) is 11.6 Å². The Balaban J connectivity index is 1.54. The molecule has 0 aliphatic rings. The number of hydrazone groups is 1. The van der Waals surface area contributed by atoms with Crippen molar-refractivity contribution in [1.29, 1.82) is 0 Å². The van der Waals surface area contributed by atoms with Gasteiger partial charge >= 0.3 is 0 Å². The number of amidine groups is 1. The van der Waals surface area contributed by atoms with Crippen molar-refractivity contribution in [2.24, 2.45) is 16.8 Å². The van der Waals surface area contributed by atoms with Crippen LogP contribution in [-0.4, -0.2) is 26.8 Å². The fourth-order valence-electron chi connectivity index (χ4n) is 2.63. The highest BCUT2D eigenvalue weighted by Crippen LogP contribution is 2.29. The van der Waals surface area contributed by atoms with Gasteiger partial charge in [0.1, 0.15) is 11.6 Å². The van der Waals surface area contributed by atoms with E-state index >= 15 is 0 Å². The van der Waals surface area contributed by atoms with Gasteiger partial charge in [-0.2, -0.15) is 10.1 Å². The SMILES string of the molecule is N/N=C(/CSc1n[nH]c(-c2ccc(-c3ccc4ccccc4c3)o2)n1)NN. The first-order valence-corrected chi connectivity index (χ1v) is 9.13. The van der Waals surface area contributed by atoms with Crippen LogP contribution in [0.1, 0.15) is 0 Å². The lowest BCUT2D eigenvalue weighted by atomic mass is 10.1. The van der Waals surface area contributed by atoms with Gasteiger partial charge in [0, 0.05) is 5.56 Å². The zero-order valence-corrected chi connectivity index (χ0v) is 15.0. The van der Waals surface area contributed by atoms with Crippen LogP contribution in [0.15, 0.2) is 69.3 Å². The Labute approximate surface area is 159 Å². The van der Waals surface area contributed by atoms with Crippen LogP contribution < -0.4 is 17.1 Å². The molecule has 0 bridgehead atoms. The molecule has 2 aromatic heterocycles. The number of aromatic nitrogens is 3. The number of H-pyrrole nitrogens is 1. The maximum absolute atomic E-state index is 5.97. The molecular weight excluding hydrogens is 362 g/mol. The molecule has 0 aliphatic heterocycles. The second-order valence-electron chi connectivity index (χ2n) is 5.70. The molecule has 0 spiro atoms. The summed E-state index contributed by atoms with van der Waals surface area (Å²) in [6.45, 7) is 0. The average Bonchev–Trinajstić information content (AvgIpc) is 3.38. The Bertz CT molecular complexity index is 1100. The van der Waals surface area contributed by atoms with Gasteiger partial charge in [-0.15, -0.1) is 5.10 Å². The van der Waals surface area contributed by atoms with Crippen molar-refractivity contribution < 1.29 is 4.42 Å². The van der Waals surface area contributed by atoms with Crippen LogP contribution in [0.4, 0.5) is 0 Å². The van der Waals surface area contributed by atoms with E-state index in [9.17, 15) is 0 Å². The van der Waals surface area contributed by atoms with Crippen LogP contribution in [0.3, 0.4) is 0 Å². The summed E-state index contributed by atoms with van der Waals surface area (Å²) in [6.07, 6.45) is 0. The number of rotatable bonds is 5. The summed E-state index contributed by atoms with van der Waals surface area (Å²) in [4.78, 5) is 4.42. The normalized spacial score (nSPS) is 11.8. The number of hydrogen-bond acceptors (Lipinski definition) is 7. The predicted octanol–water partition coefficient (Wildman–Crippen LogP) is 2.71. The lowest BCUT2D eigenvalue weighted by Gasteiger charge is -2.01. The standard InChI is InChI=1S/C18H17N7OS/c19-22-16(23-20)10-27-18-21-17(24-25-18)15-8-7-14(26-15)13-6-5-11-3-1-2-4-12(11)9-13/h1-9H,10,19-20H2,(H,22,23)(H,21,24,25). The lowest BCUT2D eigenvalue weighted by Crippen LogP contribution is -2.33. The number of hydrogen-bond donors (Lipinski definition) is 4. The highest BCUT2D eigenvalue weighted by molar-refractivity contribution is 7.99. The summed E-state index contributed by atoms with van der Waals surface area (Å²) in [5.41, 5.74) is 3.42. The third kappa shape index (κ3) is 3.64. The number of nitrogens with zero attached hydrogens (tertiary/aromatic N) is 3. The maximum atomic E-state index is 5.97. The zero-order valence-electron chi connectivity index (χ0n) is 14.2. The summed E-state index contributed by atoms with van der Waals surface area (Å²) in [6, 6.07) is 18.2. The van der Waals surface area contributed by atoms with Gasteiger partial charge in [0.05, 0.1) is 5.75 Å². The minimum Gasteiger partial charge on any atom is -0.453 e. The topological polar surface area (TPSA) is 131 Å². The van der Waals surface area contributed by atoms with E-state index in [2.05, 4.69) is 50.0 Å². The number of nitrogens with two attached hydrogens (primary N) is 2. The van der Waals surface area contributed by atoms with Crippen molar-refractivity contribution in [2.75, 3.05) is 5.75 Å². The molecule has 0 saturated carbocycles. The number of fused-ring (bicyclic) bond motifs is 1. The highest BCUT2D eigenvalue weighted by Gasteiger charge is 2.12. The molecule has 0 fully saturated rings. The second kappa shape index (κ2) is 7.52. The quantitative estimate of drug-likeness (QED) is 0.138. The lowest BCUT2D eigenvalue weighted by molar-refractivity contribution is 0.592. The van der Waals surface area contributed by atoms with E-state index in [1.54, 1.807) is 0 Å². The molecular formula is C18H17N7OS. The van der Waals surface area contributed by atoms with Crippen molar-refractivity contribution in [3.8, 4) is 22.9 Å². The molecule has 0 radical (unpaired) electrons. The fourth-order valence-corrected chi connectivity index (χ4v) is 3.32. The largest absolute Gasteiger partial charge is 0.453 e. The summed E-state index contributed by atoms with van der Waals surface area (Å²) in [7, 11) is 0. The number of nitrogens with one attached hydrogen (secondary N) is 2. The number of thioether (sulfide) groups is 1. The minimum atomic E-state index is 0.435. The molecule has 4 aromatic rings. The van der Waals surface area contributed by atoms with E-state index in [4.69, 9.17) is 16.1 Å². The van der Waals surface area contributed by atoms with E-state index in [1.807, 2.05) is 30.3 Å². The Morgan fingerprint density at radius 2 is 1.93 bits per heavy atom. The Morgan fingerprint density at radius 1 is 1.11 bits per heavy atom. The van der Waals surface area contributed by atoms with E-state index in [0.717, 1.165) is 16.7 Å². The van der Waals surface area contributed by atoms with Gasteiger partial charge in [-0.05, 0) is 29.0 Å². The van der Waals surface area contributed by atoms with Crippen LogP contribution in [0.2, 0.25) is 0 Å². The summed E-state index contributed by atoms with van der Waals surface area (Å²) in [5, 5.41) is 13.5. The first-order chi connectivity index (χ1) is 13.3. The maximum Gasteiger partial charge on any atom is 0.209 e. The Morgan fingerprint density at radius 3 is 2.74 bits per heavy atom. The molecule has 27 heavy (non-hydrogen) atoms. The van der Waals surface area contributed by atoms with Crippen LogP contribution in [0, 0.1) is 0 Å². The van der Waals surface area contributed by atoms with Crippen molar-refractivity contribution in [1.82, 2.24) is 20.6 Å². The van der Waals surface area contributed by atoms with Crippen LogP contribution >= 0.6 is 11.8 Å². The van der Waals surface area contributed by atoms with Gasteiger partial charge in [-0.1, -0.05) is 48.2 Å². The van der Waals surface area contributed by atoms with Crippen molar-refractivity contribution in [3.05, 3.63) is 54.6 Å². The highest BCUT2D eigenvalue weighted by atomic mass is 32.2. The van der Waals surface area contributed by atoms with Gasteiger partial charge in [-0.3, -0.25) is 5.10 Å². The molecule has 0 amide bonds. The predicted molar refractivity (Wildman–Crippen MR) is 107 cm³/mol. The molecule has 136 valence electrons. The van der Waals surface area contributed by atoms with Crippen LogP contribution in [0.25, 0.3) is 33.7 Å². The van der Waals surface area contributed by atoms with E-state index in [1.165, 1.54) is 17.1 Å². The molecule has 0 aliphatic carbocycles. The number of benzene rings is 2. The van der Waals surface area contributed by atoms with Crippen molar-refractivity contribution in [3.63, 3.8) is 0 Å². The van der Waals surface area contributed by atoms with Crippen LogP contribution in [0.5, 0.6) is 0 Å². The molecule has 0 atom stereocenters. The van der Waals surface area contributed by atoms with Gasteiger partial charge in [-0.25, -0.2) is 5.84 Å². The smallest absolute Gasteiger partial charge is 0.209 e. The summed E-state index contributed by atoms with van der Waals surface area (Å²) < 4.78 is 5.97. The molecule has 8 nitrogen and oxygen atoms in total. The summed E-state index contributed by atoms with van der Waals surface area (Å²) in [5.74, 6) is 13.3. The van der Waals surface area contributed by atoms with Crippen molar-refractivity contribution >= 4 is 28.4 Å². The van der Waals surface area contributed by atoms with Gasteiger partial charge < -0.3 is 15.7 Å². The van der Waals surface area contributed by atoms with Gasteiger partial charge in [0.2, 0.25) is 5.16 Å². The first-order valence-electron chi connectivity index (χ1n) is 8.15. The van der Waals surface area contributed by atoms with Crippen molar-refractivity contribution in [2.45, 2.75) is 5.16 Å². The average molecular weight is 379 g/mol. The van der Waals surface area contributed by atoms with Crippen LogP contribution in [-0.2, 0) is 0 Å². The zero-order chi connectivity index (χ0) is 18.6. The molecule has 2 heterocycles. The first kappa shape index (κ1) is 17.1. The molecule has 0 unspecified atom stereocenters. The summed E-state index contributed by atoms with van der Waals surface area (Å²) >= 11 is 1.35. The molecule has 6 N–H and O–H groups in total. The monoisotopic (exact) mass is 379 g/mol. The number of aromatic amines is 1. The Hall–Kier alpha value is -3.30. The Kier molecular flexibility index (Phi) is 4.77. The third-order valence-electron chi connectivity index (χ3n) is 4.00. The minimum absolute atomic E-state index is 0.435. The van der Waals surface area contributed by atoms with Gasteiger partial charge in [0.25, 0.3) is 0 Å². The second-order valence-corrected chi connectivity index (χ2v) is 6.64. The molecule has 4 rings (SSSR count). The molecule has 0 saturated heterocycles.